The van der Waals surface area contributed by atoms with Gasteiger partial charge in [-0.25, -0.2) is 0 Å². The minimum absolute atomic E-state index is 0.523. The molecule has 0 aromatic carbocycles. The van der Waals surface area contributed by atoms with Crippen molar-refractivity contribution in [2.75, 3.05) is 33.5 Å². The number of aromatic nitrogens is 1. The van der Waals surface area contributed by atoms with Gasteiger partial charge in [0.25, 0.3) is 0 Å². The van der Waals surface area contributed by atoms with Crippen molar-refractivity contribution in [1.82, 2.24) is 4.98 Å². The molecule has 1 heterocycles. The summed E-state index contributed by atoms with van der Waals surface area (Å²) in [5, 5.41) is 0. The minimum Gasteiger partial charge on any atom is -0.491 e. The fourth-order valence-corrected chi connectivity index (χ4v) is 1.43. The Bertz CT molecular complexity index is 353. The third kappa shape index (κ3) is 4.32. The number of methoxy groups -OCH3 is 1. The van der Waals surface area contributed by atoms with Crippen molar-refractivity contribution in [3.8, 4) is 5.75 Å². The van der Waals surface area contributed by atoms with Crippen molar-refractivity contribution in [1.29, 1.82) is 0 Å². The molecule has 0 aliphatic heterocycles. The van der Waals surface area contributed by atoms with Crippen molar-refractivity contribution in [2.45, 2.75) is 13.8 Å². The van der Waals surface area contributed by atoms with Gasteiger partial charge in [-0.05, 0) is 20.8 Å². The molecular weight excluding hydrogens is 218 g/mol. The van der Waals surface area contributed by atoms with Crippen LogP contribution in [0.3, 0.4) is 0 Å². The van der Waals surface area contributed by atoms with Crippen molar-refractivity contribution in [3.05, 3.63) is 29.9 Å². The molecule has 0 bridgehead atoms. The third-order valence-electron chi connectivity index (χ3n) is 2.45. The Balaban J connectivity index is 2.39. The first-order valence-electron chi connectivity index (χ1n) is 5.64. The van der Waals surface area contributed by atoms with Crippen molar-refractivity contribution in [3.63, 3.8) is 0 Å². The molecular formula is C13H20NO3. The second kappa shape index (κ2) is 7.25. The molecule has 0 atom stereocenters. The summed E-state index contributed by atoms with van der Waals surface area (Å²) in [5.41, 5.74) is 2.76. The molecule has 95 valence electrons. The lowest BCUT2D eigenvalue weighted by Crippen LogP contribution is -2.11. The Labute approximate surface area is 103 Å². The molecule has 0 saturated carbocycles. The van der Waals surface area contributed by atoms with Crippen LogP contribution in [0.5, 0.6) is 5.75 Å². The lowest BCUT2D eigenvalue weighted by atomic mass is 10.1. The van der Waals surface area contributed by atoms with Gasteiger partial charge >= 0.3 is 0 Å². The number of ether oxygens (including phenoxy) is 3. The zero-order valence-electron chi connectivity index (χ0n) is 10.8. The molecule has 1 aromatic heterocycles. The number of hydrogen-bond donors (Lipinski definition) is 0. The summed E-state index contributed by atoms with van der Waals surface area (Å²) >= 11 is 0. The van der Waals surface area contributed by atoms with Crippen molar-refractivity contribution in [2.24, 2.45) is 0 Å². The standard InChI is InChI=1S/C13H20NO3/c1-10-9-14-12(3)11(2)13(10)17-8-7-16-6-5-15-4/h9H,3,5-8H2,1-2,4H3. The Morgan fingerprint density at radius 3 is 2.59 bits per heavy atom. The van der Waals surface area contributed by atoms with Gasteiger partial charge in [0.15, 0.2) is 0 Å². The zero-order chi connectivity index (χ0) is 12.7. The Morgan fingerprint density at radius 1 is 1.18 bits per heavy atom. The molecule has 0 unspecified atom stereocenters. The summed E-state index contributed by atoms with van der Waals surface area (Å²) < 4.78 is 15.9. The first-order valence-corrected chi connectivity index (χ1v) is 5.64. The molecule has 0 aliphatic rings. The van der Waals surface area contributed by atoms with E-state index in [0.29, 0.717) is 26.4 Å². The summed E-state index contributed by atoms with van der Waals surface area (Å²) in [6, 6.07) is 0. The van der Waals surface area contributed by atoms with E-state index in [2.05, 4.69) is 11.9 Å². The van der Waals surface area contributed by atoms with Crippen LogP contribution in [-0.2, 0) is 9.47 Å². The fraction of sp³-hybridized carbons (Fsp3) is 0.538. The van der Waals surface area contributed by atoms with Crippen LogP contribution in [0, 0.1) is 20.8 Å². The minimum atomic E-state index is 0.523. The van der Waals surface area contributed by atoms with Gasteiger partial charge in [0.1, 0.15) is 12.4 Å². The van der Waals surface area contributed by atoms with E-state index in [0.717, 1.165) is 22.6 Å². The lowest BCUT2D eigenvalue weighted by Gasteiger charge is -2.13. The van der Waals surface area contributed by atoms with Crippen LogP contribution >= 0.6 is 0 Å². The van der Waals surface area contributed by atoms with Gasteiger partial charge in [-0.2, -0.15) is 0 Å². The normalized spacial score (nSPS) is 10.6. The highest BCUT2D eigenvalue weighted by Gasteiger charge is 2.07. The van der Waals surface area contributed by atoms with Gasteiger partial charge in [0, 0.05) is 30.1 Å². The van der Waals surface area contributed by atoms with Gasteiger partial charge in [0.2, 0.25) is 0 Å². The van der Waals surface area contributed by atoms with Crippen LogP contribution in [0.1, 0.15) is 16.8 Å². The van der Waals surface area contributed by atoms with E-state index < -0.39 is 0 Å². The molecule has 4 nitrogen and oxygen atoms in total. The highest BCUT2D eigenvalue weighted by molar-refractivity contribution is 5.41. The Morgan fingerprint density at radius 2 is 1.88 bits per heavy atom. The van der Waals surface area contributed by atoms with Crippen molar-refractivity contribution >= 4 is 0 Å². The van der Waals surface area contributed by atoms with E-state index in [-0.39, 0.29) is 0 Å². The van der Waals surface area contributed by atoms with Gasteiger partial charge in [0.05, 0.1) is 19.8 Å². The molecule has 0 aliphatic carbocycles. The predicted octanol–water partition coefficient (Wildman–Crippen LogP) is 1.92. The molecule has 0 amide bonds. The second-order valence-electron chi connectivity index (χ2n) is 3.80. The maximum atomic E-state index is 5.68. The molecule has 1 aromatic rings. The summed E-state index contributed by atoms with van der Waals surface area (Å²) in [5.74, 6) is 0.861. The topological polar surface area (TPSA) is 40.6 Å². The van der Waals surface area contributed by atoms with E-state index in [1.165, 1.54) is 0 Å². The van der Waals surface area contributed by atoms with E-state index >= 15 is 0 Å². The van der Waals surface area contributed by atoms with Crippen LogP contribution in [0.4, 0.5) is 0 Å². The summed E-state index contributed by atoms with van der Waals surface area (Å²) in [4.78, 5) is 4.17. The maximum absolute atomic E-state index is 5.68. The molecule has 0 saturated heterocycles. The molecule has 0 N–H and O–H groups in total. The number of pyridine rings is 1. The van der Waals surface area contributed by atoms with Gasteiger partial charge in [-0.15, -0.1) is 0 Å². The smallest absolute Gasteiger partial charge is 0.128 e. The number of nitrogens with zero attached hydrogens (tertiary/aromatic N) is 1. The Kier molecular flexibility index (Phi) is 5.94. The van der Waals surface area contributed by atoms with E-state index in [9.17, 15) is 0 Å². The summed E-state index contributed by atoms with van der Waals surface area (Å²) in [7, 11) is 1.65. The first-order chi connectivity index (χ1) is 8.16. The molecule has 0 fully saturated rings. The van der Waals surface area contributed by atoms with Crippen LogP contribution in [-0.4, -0.2) is 38.5 Å². The second-order valence-corrected chi connectivity index (χ2v) is 3.80. The van der Waals surface area contributed by atoms with E-state index in [4.69, 9.17) is 14.2 Å². The number of rotatable bonds is 7. The van der Waals surface area contributed by atoms with Crippen LogP contribution in [0.15, 0.2) is 6.20 Å². The maximum Gasteiger partial charge on any atom is 0.128 e. The summed E-state index contributed by atoms with van der Waals surface area (Å²) in [6.07, 6.45) is 1.77. The number of aryl methyl sites for hydroxylation is 1. The highest BCUT2D eigenvalue weighted by atomic mass is 16.5. The molecule has 4 heteroatoms. The molecule has 1 rings (SSSR count). The number of hydrogen-bond acceptors (Lipinski definition) is 4. The van der Waals surface area contributed by atoms with Crippen molar-refractivity contribution < 1.29 is 14.2 Å². The average Bonchev–Trinajstić information content (AvgIpc) is 2.32. The summed E-state index contributed by atoms with van der Waals surface area (Å²) in [6.45, 7) is 10.1. The van der Waals surface area contributed by atoms with Crippen LogP contribution < -0.4 is 4.74 Å². The molecule has 1 radical (unpaired) electrons. The molecule has 0 spiro atoms. The van der Waals surface area contributed by atoms with Gasteiger partial charge < -0.3 is 14.2 Å². The zero-order valence-corrected chi connectivity index (χ0v) is 10.8. The highest BCUT2D eigenvalue weighted by Crippen LogP contribution is 2.23. The predicted molar refractivity (Wildman–Crippen MR) is 66.4 cm³/mol. The van der Waals surface area contributed by atoms with E-state index in [1.54, 1.807) is 13.3 Å². The average molecular weight is 238 g/mol. The Hall–Kier alpha value is -1.13. The lowest BCUT2D eigenvalue weighted by molar-refractivity contribution is 0.0542. The monoisotopic (exact) mass is 238 g/mol. The van der Waals surface area contributed by atoms with Gasteiger partial charge in [-0.3, -0.25) is 4.98 Å². The quantitative estimate of drug-likeness (QED) is 0.680. The van der Waals surface area contributed by atoms with Crippen LogP contribution in [0.2, 0.25) is 0 Å². The van der Waals surface area contributed by atoms with Crippen LogP contribution in [0.25, 0.3) is 0 Å². The molecule has 17 heavy (non-hydrogen) atoms. The third-order valence-corrected chi connectivity index (χ3v) is 2.45. The first kappa shape index (κ1) is 13.9. The van der Waals surface area contributed by atoms with Gasteiger partial charge in [-0.1, -0.05) is 0 Å². The largest absolute Gasteiger partial charge is 0.491 e. The van der Waals surface area contributed by atoms with E-state index in [1.807, 2.05) is 13.8 Å². The SMILES string of the molecule is [CH2]c1ncc(C)c(OCCOCCOC)c1C. The fourth-order valence-electron chi connectivity index (χ4n) is 1.43.